The third-order valence-electron chi connectivity index (χ3n) is 5.59. The van der Waals surface area contributed by atoms with Crippen LogP contribution >= 0.6 is 7.82 Å². The van der Waals surface area contributed by atoms with Crippen LogP contribution in [0.25, 0.3) is 0 Å². The summed E-state index contributed by atoms with van der Waals surface area (Å²) in [5.74, 6) is -1.04. The summed E-state index contributed by atoms with van der Waals surface area (Å²) in [7, 11) is 1.15. The van der Waals surface area contributed by atoms with Gasteiger partial charge in [-0.25, -0.2) is 0 Å². The van der Waals surface area contributed by atoms with E-state index >= 15 is 0 Å². The molecule has 37 heavy (non-hydrogen) atoms. The fourth-order valence-corrected chi connectivity index (χ4v) is 4.10. The quantitative estimate of drug-likeness (QED) is 0.0523. The second-order valence-electron chi connectivity index (χ2n) is 10.5. The summed E-state index contributed by atoms with van der Waals surface area (Å²) in [6.45, 7) is 3.12. The molecule has 2 unspecified atom stereocenters. The molecular formula is C27H52NO8P. The summed E-state index contributed by atoms with van der Waals surface area (Å²) in [4.78, 5) is 35.3. The predicted molar refractivity (Wildman–Crippen MR) is 144 cm³/mol. The highest BCUT2D eigenvalue weighted by atomic mass is 31.2. The van der Waals surface area contributed by atoms with Gasteiger partial charge in [0.15, 0.2) is 6.10 Å². The van der Waals surface area contributed by atoms with Crippen LogP contribution in [-0.2, 0) is 32.7 Å². The summed E-state index contributed by atoms with van der Waals surface area (Å²) >= 11 is 0. The number of nitrogens with zero attached hydrogens (tertiary/aromatic N) is 1. The van der Waals surface area contributed by atoms with E-state index in [1.54, 1.807) is 0 Å². The molecule has 0 aliphatic carbocycles. The van der Waals surface area contributed by atoms with E-state index in [1.165, 1.54) is 45.4 Å². The van der Waals surface area contributed by atoms with Crippen molar-refractivity contribution in [3.8, 4) is 0 Å². The Labute approximate surface area is 225 Å². The van der Waals surface area contributed by atoms with Gasteiger partial charge in [-0.05, 0) is 32.1 Å². The minimum atomic E-state index is -4.57. The molecule has 10 heteroatoms. The van der Waals surface area contributed by atoms with Gasteiger partial charge in [-0.1, -0.05) is 64.0 Å². The first-order chi connectivity index (χ1) is 17.4. The van der Waals surface area contributed by atoms with Gasteiger partial charge in [0.25, 0.3) is 7.82 Å². The highest BCUT2D eigenvalue weighted by Gasteiger charge is 2.21. The van der Waals surface area contributed by atoms with Crippen LogP contribution in [0.4, 0.5) is 0 Å². The molecule has 0 aromatic heterocycles. The zero-order chi connectivity index (χ0) is 28.0. The molecule has 9 nitrogen and oxygen atoms in total. The Hall–Kier alpha value is -1.25. The van der Waals surface area contributed by atoms with Gasteiger partial charge in [-0.15, -0.1) is 0 Å². The van der Waals surface area contributed by atoms with Crippen LogP contribution < -0.4 is 4.89 Å². The molecule has 0 aromatic carbocycles. The van der Waals surface area contributed by atoms with Crippen molar-refractivity contribution in [2.75, 3.05) is 47.5 Å². The number of unbranched alkanes of at least 4 members (excludes halogenated alkanes) is 10. The second kappa shape index (κ2) is 21.7. The van der Waals surface area contributed by atoms with Crippen LogP contribution in [0.1, 0.15) is 97.3 Å². The van der Waals surface area contributed by atoms with Crippen LogP contribution in [0.15, 0.2) is 12.2 Å². The van der Waals surface area contributed by atoms with Gasteiger partial charge in [0.05, 0.1) is 27.7 Å². The van der Waals surface area contributed by atoms with Crippen molar-refractivity contribution in [2.24, 2.45) is 0 Å². The molecule has 0 aromatic rings. The van der Waals surface area contributed by atoms with Crippen LogP contribution in [0.3, 0.4) is 0 Å². The first kappa shape index (κ1) is 35.8. The first-order valence-corrected chi connectivity index (χ1v) is 15.3. The molecule has 0 aliphatic heterocycles. The molecule has 0 spiro atoms. The molecule has 0 rings (SSSR count). The number of phosphoric acid groups is 1. The molecule has 0 N–H and O–H groups in total. The Morgan fingerprint density at radius 2 is 1.43 bits per heavy atom. The average molecular weight is 550 g/mol. The molecule has 2 atom stereocenters. The Morgan fingerprint density at radius 1 is 0.865 bits per heavy atom. The number of carbonyl (C=O) groups is 2. The Morgan fingerprint density at radius 3 is 2.00 bits per heavy atom. The van der Waals surface area contributed by atoms with E-state index in [4.69, 9.17) is 18.5 Å². The maximum atomic E-state index is 12.2. The number of likely N-dealkylation sites (N-methyl/N-ethyl adjacent to an activating group) is 1. The topological polar surface area (TPSA) is 111 Å². The number of carbonyl (C=O) groups excluding carboxylic acids is 2. The third kappa shape index (κ3) is 26.2. The fraction of sp³-hybridized carbons (Fsp3) is 0.852. The van der Waals surface area contributed by atoms with Gasteiger partial charge >= 0.3 is 11.9 Å². The maximum absolute atomic E-state index is 12.2. The zero-order valence-corrected chi connectivity index (χ0v) is 24.8. The average Bonchev–Trinajstić information content (AvgIpc) is 2.80. The van der Waals surface area contributed by atoms with Crippen molar-refractivity contribution in [2.45, 2.75) is 103 Å². The summed E-state index contributed by atoms with van der Waals surface area (Å²) in [5.41, 5.74) is 0. The Bertz CT molecular complexity index is 678. The van der Waals surface area contributed by atoms with E-state index in [9.17, 15) is 19.0 Å². The number of quaternary nitrogens is 1. The molecule has 0 aliphatic rings. The van der Waals surface area contributed by atoms with Gasteiger partial charge in [0.2, 0.25) is 0 Å². The van der Waals surface area contributed by atoms with E-state index in [1.807, 2.05) is 21.1 Å². The van der Waals surface area contributed by atoms with Crippen molar-refractivity contribution in [3.63, 3.8) is 0 Å². The number of ether oxygens (including phenoxy) is 2. The van der Waals surface area contributed by atoms with Crippen molar-refractivity contribution in [1.29, 1.82) is 0 Å². The third-order valence-corrected chi connectivity index (χ3v) is 6.56. The molecule has 0 heterocycles. The van der Waals surface area contributed by atoms with Gasteiger partial charge in [-0.2, -0.15) is 0 Å². The van der Waals surface area contributed by atoms with Crippen LogP contribution in [0, 0.1) is 0 Å². The number of phosphoric ester groups is 1. The van der Waals surface area contributed by atoms with E-state index in [-0.39, 0.29) is 19.6 Å². The van der Waals surface area contributed by atoms with Crippen LogP contribution in [-0.4, -0.2) is 70.0 Å². The second-order valence-corrected chi connectivity index (χ2v) is 11.9. The van der Waals surface area contributed by atoms with Crippen LogP contribution in [0.2, 0.25) is 0 Å². The van der Waals surface area contributed by atoms with Crippen molar-refractivity contribution >= 4 is 19.8 Å². The maximum Gasteiger partial charge on any atom is 0.306 e. The van der Waals surface area contributed by atoms with Gasteiger partial charge in [0.1, 0.15) is 19.8 Å². The molecule has 0 saturated carbocycles. The summed E-state index contributed by atoms with van der Waals surface area (Å²) < 4.78 is 32.4. The van der Waals surface area contributed by atoms with Crippen molar-refractivity contribution in [3.05, 3.63) is 12.2 Å². The lowest BCUT2D eigenvalue weighted by Gasteiger charge is -2.28. The van der Waals surface area contributed by atoms with Gasteiger partial charge in [-0.3, -0.25) is 14.2 Å². The monoisotopic (exact) mass is 549 g/mol. The summed E-state index contributed by atoms with van der Waals surface area (Å²) in [6, 6.07) is 0. The molecule has 0 radical (unpaired) electrons. The Balaban J connectivity index is 4.10. The lowest BCUT2D eigenvalue weighted by Crippen LogP contribution is -2.37. The largest absolute Gasteiger partial charge is 0.756 e. The summed E-state index contributed by atoms with van der Waals surface area (Å²) in [5, 5.41) is 0. The number of rotatable bonds is 24. The number of allylic oxidation sites excluding steroid dienone is 2. The lowest BCUT2D eigenvalue weighted by atomic mass is 10.1. The molecule has 0 bridgehead atoms. The highest BCUT2D eigenvalue weighted by Crippen LogP contribution is 2.38. The number of hydrogen-bond donors (Lipinski definition) is 0. The van der Waals surface area contributed by atoms with E-state index in [0.717, 1.165) is 32.1 Å². The van der Waals surface area contributed by atoms with Crippen molar-refractivity contribution in [1.82, 2.24) is 0 Å². The van der Waals surface area contributed by atoms with Crippen LogP contribution in [0.5, 0.6) is 0 Å². The van der Waals surface area contributed by atoms with Gasteiger partial charge in [0, 0.05) is 13.3 Å². The molecule has 218 valence electrons. The number of esters is 2. The lowest BCUT2D eigenvalue weighted by molar-refractivity contribution is -0.870. The van der Waals surface area contributed by atoms with Crippen molar-refractivity contribution < 1.29 is 42.1 Å². The SMILES string of the molecule is CCCCCCC/C=C\CCCCCCCC(=O)OC(COC(C)=O)COP(=O)([O-])OCC[N+](C)(C)C. The fourth-order valence-electron chi connectivity index (χ4n) is 3.37. The predicted octanol–water partition coefficient (Wildman–Crippen LogP) is 5.32. The zero-order valence-electron chi connectivity index (χ0n) is 23.9. The number of hydrogen-bond acceptors (Lipinski definition) is 8. The standard InChI is InChI=1S/C27H52NO8P/c1-6-7-8-9-10-11-12-13-14-15-16-17-18-19-20-27(30)36-26(23-33-25(2)29)24-35-37(31,32)34-22-21-28(3,4)5/h12-13,26H,6-11,14-24H2,1-5H3/b13-12-. The molecule has 0 amide bonds. The molecule has 0 fully saturated rings. The molecular weight excluding hydrogens is 497 g/mol. The first-order valence-electron chi connectivity index (χ1n) is 13.8. The van der Waals surface area contributed by atoms with E-state index in [2.05, 4.69) is 19.1 Å². The normalized spacial score (nSPS) is 14.4. The molecule has 0 saturated heterocycles. The van der Waals surface area contributed by atoms with E-state index < -0.39 is 32.5 Å². The minimum Gasteiger partial charge on any atom is -0.756 e. The van der Waals surface area contributed by atoms with E-state index in [0.29, 0.717) is 17.4 Å². The smallest absolute Gasteiger partial charge is 0.306 e. The highest BCUT2D eigenvalue weighted by molar-refractivity contribution is 7.45. The minimum absolute atomic E-state index is 0.0336. The van der Waals surface area contributed by atoms with Gasteiger partial charge < -0.3 is 27.9 Å². The summed E-state index contributed by atoms with van der Waals surface area (Å²) in [6.07, 6.45) is 17.5. The Kier molecular flexibility index (Phi) is 20.9.